The van der Waals surface area contributed by atoms with Gasteiger partial charge in [0, 0.05) is 29.7 Å². The minimum atomic E-state index is -2.49. The number of alkyl halides is 2. The highest BCUT2D eigenvalue weighted by Gasteiger charge is 2.25. The standard InChI is InChI=1S/C21H31F2N3/c1-14(26-15(2)18(13-25-26)20(3,4)5)8-9-21(6,7)17-10-16(19(22)23)11-24-12-17/h10-14,19H,8-9H2,1-7H3. The first-order valence-corrected chi connectivity index (χ1v) is 9.21. The Kier molecular flexibility index (Phi) is 5.89. The monoisotopic (exact) mass is 363 g/mol. The third-order valence-electron chi connectivity index (χ3n) is 5.25. The van der Waals surface area contributed by atoms with Crippen LogP contribution in [0.1, 0.15) is 89.2 Å². The van der Waals surface area contributed by atoms with E-state index in [1.807, 2.05) is 6.20 Å². The second-order valence-corrected chi connectivity index (χ2v) is 8.92. The molecular weight excluding hydrogens is 332 g/mol. The van der Waals surface area contributed by atoms with Crippen molar-refractivity contribution in [2.45, 2.75) is 84.6 Å². The fraction of sp³-hybridized carbons (Fsp3) is 0.619. The van der Waals surface area contributed by atoms with Gasteiger partial charge in [-0.2, -0.15) is 5.10 Å². The average molecular weight is 363 g/mol. The van der Waals surface area contributed by atoms with Gasteiger partial charge < -0.3 is 0 Å². The SMILES string of the molecule is Cc1c(C(C)(C)C)cnn1C(C)CCC(C)(C)c1cncc(C(F)F)c1. The fourth-order valence-corrected chi connectivity index (χ4v) is 3.39. The fourth-order valence-electron chi connectivity index (χ4n) is 3.39. The first kappa shape index (κ1) is 20.5. The lowest BCUT2D eigenvalue weighted by Crippen LogP contribution is -2.21. The van der Waals surface area contributed by atoms with E-state index in [0.29, 0.717) is 0 Å². The molecular formula is C21H31F2N3. The van der Waals surface area contributed by atoms with Crippen molar-refractivity contribution < 1.29 is 8.78 Å². The van der Waals surface area contributed by atoms with Crippen LogP contribution < -0.4 is 0 Å². The summed E-state index contributed by atoms with van der Waals surface area (Å²) in [6.07, 6.45) is 4.21. The molecule has 0 aliphatic heterocycles. The van der Waals surface area contributed by atoms with Gasteiger partial charge >= 0.3 is 0 Å². The van der Waals surface area contributed by atoms with Gasteiger partial charge in [0.1, 0.15) is 0 Å². The van der Waals surface area contributed by atoms with Gasteiger partial charge in [-0.1, -0.05) is 34.6 Å². The molecule has 0 aromatic carbocycles. The van der Waals surface area contributed by atoms with Crippen LogP contribution in [0.25, 0.3) is 0 Å². The van der Waals surface area contributed by atoms with Gasteiger partial charge in [0.05, 0.1) is 6.20 Å². The maximum atomic E-state index is 13.0. The van der Waals surface area contributed by atoms with Gasteiger partial charge in [0.2, 0.25) is 0 Å². The van der Waals surface area contributed by atoms with E-state index in [9.17, 15) is 8.78 Å². The zero-order valence-corrected chi connectivity index (χ0v) is 17.0. The highest BCUT2D eigenvalue weighted by atomic mass is 19.3. The zero-order valence-electron chi connectivity index (χ0n) is 17.0. The molecule has 3 nitrogen and oxygen atoms in total. The zero-order chi connectivity index (χ0) is 19.7. The van der Waals surface area contributed by atoms with E-state index < -0.39 is 6.43 Å². The van der Waals surface area contributed by atoms with Crippen LogP contribution in [0.5, 0.6) is 0 Å². The van der Waals surface area contributed by atoms with E-state index in [2.05, 4.69) is 63.2 Å². The molecule has 5 heteroatoms. The second-order valence-electron chi connectivity index (χ2n) is 8.92. The Morgan fingerprint density at radius 2 is 1.73 bits per heavy atom. The van der Waals surface area contributed by atoms with Crippen molar-refractivity contribution >= 4 is 0 Å². The number of pyridine rings is 1. The van der Waals surface area contributed by atoms with Gasteiger partial charge in [-0.15, -0.1) is 0 Å². The summed E-state index contributed by atoms with van der Waals surface area (Å²) in [6, 6.07) is 1.83. The van der Waals surface area contributed by atoms with Crippen molar-refractivity contribution in [1.82, 2.24) is 14.8 Å². The van der Waals surface area contributed by atoms with E-state index in [4.69, 9.17) is 0 Å². The molecule has 0 aliphatic carbocycles. The number of rotatable bonds is 6. The highest BCUT2D eigenvalue weighted by molar-refractivity contribution is 5.26. The van der Waals surface area contributed by atoms with E-state index in [-0.39, 0.29) is 22.4 Å². The lowest BCUT2D eigenvalue weighted by Gasteiger charge is -2.27. The van der Waals surface area contributed by atoms with E-state index in [1.54, 1.807) is 12.3 Å². The van der Waals surface area contributed by atoms with Gasteiger partial charge in [0.25, 0.3) is 6.43 Å². The summed E-state index contributed by atoms with van der Waals surface area (Å²) in [5.74, 6) is 0. The average Bonchev–Trinajstić information content (AvgIpc) is 2.94. The van der Waals surface area contributed by atoms with Crippen molar-refractivity contribution in [3.8, 4) is 0 Å². The Morgan fingerprint density at radius 3 is 2.27 bits per heavy atom. The largest absolute Gasteiger partial charge is 0.267 e. The molecule has 0 saturated carbocycles. The van der Waals surface area contributed by atoms with Crippen molar-refractivity contribution in [1.29, 1.82) is 0 Å². The maximum absolute atomic E-state index is 13.0. The molecule has 0 radical (unpaired) electrons. The van der Waals surface area contributed by atoms with Crippen LogP contribution in [-0.2, 0) is 10.8 Å². The summed E-state index contributed by atoms with van der Waals surface area (Å²) in [5, 5.41) is 4.60. The summed E-state index contributed by atoms with van der Waals surface area (Å²) >= 11 is 0. The van der Waals surface area contributed by atoms with Crippen LogP contribution in [0.15, 0.2) is 24.7 Å². The quantitative estimate of drug-likeness (QED) is 0.617. The maximum Gasteiger partial charge on any atom is 0.265 e. The van der Waals surface area contributed by atoms with E-state index >= 15 is 0 Å². The smallest absolute Gasteiger partial charge is 0.265 e. The second kappa shape index (κ2) is 7.45. The number of hydrogen-bond acceptors (Lipinski definition) is 2. The molecule has 144 valence electrons. The molecule has 26 heavy (non-hydrogen) atoms. The van der Waals surface area contributed by atoms with Crippen LogP contribution in [0.3, 0.4) is 0 Å². The van der Waals surface area contributed by atoms with Crippen molar-refractivity contribution in [3.63, 3.8) is 0 Å². The normalized spacial score (nSPS) is 14.1. The van der Waals surface area contributed by atoms with Crippen molar-refractivity contribution in [2.75, 3.05) is 0 Å². The molecule has 2 aromatic heterocycles. The van der Waals surface area contributed by atoms with Crippen LogP contribution in [0.4, 0.5) is 8.78 Å². The molecule has 1 atom stereocenters. The van der Waals surface area contributed by atoms with Crippen LogP contribution in [-0.4, -0.2) is 14.8 Å². The number of hydrogen-bond donors (Lipinski definition) is 0. The summed E-state index contributed by atoms with van der Waals surface area (Å²) in [6.45, 7) is 15.0. The summed E-state index contributed by atoms with van der Waals surface area (Å²) in [5.41, 5.74) is 3.15. The van der Waals surface area contributed by atoms with Crippen molar-refractivity contribution in [3.05, 3.63) is 47.0 Å². The first-order chi connectivity index (χ1) is 11.9. The molecule has 2 aromatic rings. The molecule has 2 heterocycles. The highest BCUT2D eigenvalue weighted by Crippen LogP contribution is 2.33. The Labute approximate surface area is 155 Å². The Balaban J connectivity index is 2.12. The lowest BCUT2D eigenvalue weighted by atomic mass is 9.80. The summed E-state index contributed by atoms with van der Waals surface area (Å²) in [4.78, 5) is 4.00. The van der Waals surface area contributed by atoms with Crippen LogP contribution in [0, 0.1) is 6.92 Å². The Bertz CT molecular complexity index is 742. The van der Waals surface area contributed by atoms with Gasteiger partial charge in [-0.25, -0.2) is 8.78 Å². The number of nitrogens with zero attached hydrogens (tertiary/aromatic N) is 3. The molecule has 0 saturated heterocycles. The van der Waals surface area contributed by atoms with Gasteiger partial charge in [0.15, 0.2) is 0 Å². The van der Waals surface area contributed by atoms with E-state index in [1.165, 1.54) is 17.5 Å². The van der Waals surface area contributed by atoms with Crippen LogP contribution in [0.2, 0.25) is 0 Å². The molecule has 0 spiro atoms. The third-order valence-corrected chi connectivity index (χ3v) is 5.25. The predicted molar refractivity (Wildman–Crippen MR) is 102 cm³/mol. The minimum absolute atomic E-state index is 0.0126. The molecule has 0 amide bonds. The summed E-state index contributed by atoms with van der Waals surface area (Å²) < 4.78 is 28.0. The molecule has 0 bridgehead atoms. The lowest BCUT2D eigenvalue weighted by molar-refractivity contribution is 0.150. The van der Waals surface area contributed by atoms with Gasteiger partial charge in [-0.3, -0.25) is 9.67 Å². The minimum Gasteiger partial charge on any atom is -0.267 e. The van der Waals surface area contributed by atoms with Gasteiger partial charge in [-0.05, 0) is 54.7 Å². The summed E-state index contributed by atoms with van der Waals surface area (Å²) in [7, 11) is 0. The third kappa shape index (κ3) is 4.49. The number of halogens is 2. The molecule has 0 fully saturated rings. The Hall–Kier alpha value is -1.78. The molecule has 1 unspecified atom stereocenters. The van der Waals surface area contributed by atoms with E-state index in [0.717, 1.165) is 18.4 Å². The first-order valence-electron chi connectivity index (χ1n) is 9.21. The molecule has 0 N–H and O–H groups in total. The topological polar surface area (TPSA) is 30.7 Å². The predicted octanol–water partition coefficient (Wildman–Crippen LogP) is 6.14. The molecule has 2 rings (SSSR count). The number of aromatic nitrogens is 3. The molecule has 0 aliphatic rings. The van der Waals surface area contributed by atoms with Crippen LogP contribution >= 0.6 is 0 Å². The Morgan fingerprint density at radius 1 is 1.08 bits per heavy atom. The van der Waals surface area contributed by atoms with Crippen molar-refractivity contribution in [2.24, 2.45) is 0 Å².